The molecule has 0 bridgehead atoms. The zero-order chi connectivity index (χ0) is 15.5. The highest BCUT2D eigenvalue weighted by molar-refractivity contribution is 7.10. The molecule has 0 spiro atoms. The van der Waals surface area contributed by atoms with E-state index >= 15 is 0 Å². The third kappa shape index (κ3) is 3.66. The van der Waals surface area contributed by atoms with Crippen LogP contribution in [-0.4, -0.2) is 13.2 Å². The van der Waals surface area contributed by atoms with Crippen LogP contribution >= 0.6 is 11.3 Å². The van der Waals surface area contributed by atoms with E-state index in [1.54, 1.807) is 11.3 Å². The van der Waals surface area contributed by atoms with Crippen molar-refractivity contribution in [2.45, 2.75) is 39.0 Å². The number of ether oxygens (including phenoxy) is 1. The minimum atomic E-state index is 0.119. The fourth-order valence-electron chi connectivity index (χ4n) is 2.46. The van der Waals surface area contributed by atoms with Gasteiger partial charge < -0.3 is 10.5 Å². The minimum absolute atomic E-state index is 0.119. The predicted molar refractivity (Wildman–Crippen MR) is 91.5 cm³/mol. The van der Waals surface area contributed by atoms with Gasteiger partial charge in [-0.15, -0.1) is 11.3 Å². The summed E-state index contributed by atoms with van der Waals surface area (Å²) >= 11 is 1.76. The summed E-state index contributed by atoms with van der Waals surface area (Å²) in [5, 5.41) is 2.10. The molecule has 1 heterocycles. The largest absolute Gasteiger partial charge is 0.494 e. The van der Waals surface area contributed by atoms with E-state index in [1.807, 2.05) is 6.92 Å². The van der Waals surface area contributed by atoms with Crippen LogP contribution in [0.5, 0.6) is 5.75 Å². The SMILES string of the molecule is CCOc1ccc(C(C)(C)C)cc1C(CN)c1cccs1. The first kappa shape index (κ1) is 16.1. The summed E-state index contributed by atoms with van der Waals surface area (Å²) in [7, 11) is 0. The van der Waals surface area contributed by atoms with Gasteiger partial charge in [0, 0.05) is 22.9 Å². The third-order valence-electron chi connectivity index (χ3n) is 3.67. The van der Waals surface area contributed by atoms with Crippen molar-refractivity contribution in [3.8, 4) is 5.75 Å². The molecule has 1 aromatic heterocycles. The molecule has 2 nitrogen and oxygen atoms in total. The lowest BCUT2D eigenvalue weighted by molar-refractivity contribution is 0.335. The highest BCUT2D eigenvalue weighted by atomic mass is 32.1. The second-order valence-electron chi connectivity index (χ2n) is 6.24. The topological polar surface area (TPSA) is 35.2 Å². The van der Waals surface area contributed by atoms with E-state index in [4.69, 9.17) is 10.5 Å². The van der Waals surface area contributed by atoms with E-state index in [0.717, 1.165) is 5.75 Å². The lowest BCUT2D eigenvalue weighted by atomic mass is 9.84. The van der Waals surface area contributed by atoms with E-state index in [2.05, 4.69) is 56.5 Å². The number of rotatable bonds is 5. The second-order valence-corrected chi connectivity index (χ2v) is 7.22. The zero-order valence-electron chi connectivity index (χ0n) is 13.3. The maximum absolute atomic E-state index is 6.07. The Balaban J connectivity index is 2.51. The van der Waals surface area contributed by atoms with Crippen LogP contribution in [0.3, 0.4) is 0 Å². The number of benzene rings is 1. The third-order valence-corrected chi connectivity index (χ3v) is 4.66. The first-order valence-electron chi connectivity index (χ1n) is 7.48. The Morgan fingerprint density at radius 2 is 2.00 bits per heavy atom. The Hall–Kier alpha value is -1.32. The lowest BCUT2D eigenvalue weighted by Gasteiger charge is -2.24. The number of nitrogens with two attached hydrogens (primary N) is 1. The summed E-state index contributed by atoms with van der Waals surface area (Å²) in [6.07, 6.45) is 0. The van der Waals surface area contributed by atoms with Crippen molar-refractivity contribution in [1.82, 2.24) is 0 Å². The molecule has 2 aromatic rings. The Kier molecular flexibility index (Phi) is 5.07. The van der Waals surface area contributed by atoms with Crippen LogP contribution in [0.15, 0.2) is 35.7 Å². The van der Waals surface area contributed by atoms with E-state index in [-0.39, 0.29) is 11.3 Å². The standard InChI is InChI=1S/C18H25NOS/c1-5-20-16-9-8-13(18(2,3)4)11-14(16)15(12-19)17-7-6-10-21-17/h6-11,15H,5,12,19H2,1-4H3. The van der Waals surface area contributed by atoms with Crippen molar-refractivity contribution in [3.05, 3.63) is 51.7 Å². The van der Waals surface area contributed by atoms with Gasteiger partial charge in [-0.05, 0) is 35.4 Å². The Morgan fingerprint density at radius 1 is 1.24 bits per heavy atom. The van der Waals surface area contributed by atoms with Crippen molar-refractivity contribution in [2.24, 2.45) is 5.73 Å². The number of thiophene rings is 1. The van der Waals surface area contributed by atoms with Gasteiger partial charge >= 0.3 is 0 Å². The molecule has 1 atom stereocenters. The van der Waals surface area contributed by atoms with E-state index < -0.39 is 0 Å². The zero-order valence-corrected chi connectivity index (χ0v) is 14.2. The summed E-state index contributed by atoms with van der Waals surface area (Å²) in [4.78, 5) is 1.30. The molecule has 1 unspecified atom stereocenters. The molecule has 0 saturated carbocycles. The molecule has 114 valence electrons. The van der Waals surface area contributed by atoms with Crippen LogP contribution in [0, 0.1) is 0 Å². The Morgan fingerprint density at radius 3 is 2.52 bits per heavy atom. The van der Waals surface area contributed by atoms with Gasteiger partial charge in [0.2, 0.25) is 0 Å². The van der Waals surface area contributed by atoms with Gasteiger partial charge in [0.1, 0.15) is 5.75 Å². The summed E-state index contributed by atoms with van der Waals surface area (Å²) < 4.78 is 5.83. The molecule has 0 aliphatic rings. The normalized spacial score (nSPS) is 13.2. The summed E-state index contributed by atoms with van der Waals surface area (Å²) in [6, 6.07) is 10.8. The van der Waals surface area contributed by atoms with Crippen molar-refractivity contribution < 1.29 is 4.74 Å². The molecular formula is C18H25NOS. The van der Waals surface area contributed by atoms with Crippen LogP contribution in [0.25, 0.3) is 0 Å². The summed E-state index contributed by atoms with van der Waals surface area (Å²) in [6.45, 7) is 9.97. The van der Waals surface area contributed by atoms with Crippen LogP contribution in [0.2, 0.25) is 0 Å². The van der Waals surface area contributed by atoms with Gasteiger partial charge in [0.15, 0.2) is 0 Å². The van der Waals surface area contributed by atoms with Crippen molar-refractivity contribution >= 4 is 11.3 Å². The molecule has 3 heteroatoms. The highest BCUT2D eigenvalue weighted by Gasteiger charge is 2.22. The second kappa shape index (κ2) is 6.63. The quantitative estimate of drug-likeness (QED) is 0.880. The molecule has 0 amide bonds. The summed E-state index contributed by atoms with van der Waals surface area (Å²) in [5.74, 6) is 1.16. The average Bonchev–Trinajstić information content (AvgIpc) is 2.94. The molecule has 0 aliphatic carbocycles. The summed E-state index contributed by atoms with van der Waals surface area (Å²) in [5.41, 5.74) is 8.71. The van der Waals surface area contributed by atoms with Crippen LogP contribution in [-0.2, 0) is 5.41 Å². The van der Waals surface area contributed by atoms with Crippen LogP contribution in [0.4, 0.5) is 0 Å². The molecule has 0 saturated heterocycles. The molecule has 21 heavy (non-hydrogen) atoms. The van der Waals surface area contributed by atoms with Crippen LogP contribution < -0.4 is 10.5 Å². The maximum Gasteiger partial charge on any atom is 0.123 e. The van der Waals surface area contributed by atoms with Gasteiger partial charge in [0.05, 0.1) is 6.61 Å². The van der Waals surface area contributed by atoms with Crippen molar-refractivity contribution in [1.29, 1.82) is 0 Å². The van der Waals surface area contributed by atoms with E-state index in [1.165, 1.54) is 16.0 Å². The van der Waals surface area contributed by atoms with Crippen molar-refractivity contribution in [2.75, 3.05) is 13.2 Å². The molecule has 0 radical (unpaired) electrons. The van der Waals surface area contributed by atoms with Crippen LogP contribution in [0.1, 0.15) is 49.6 Å². The first-order valence-corrected chi connectivity index (χ1v) is 8.36. The Bertz CT molecular complexity index is 569. The molecule has 2 rings (SSSR count). The predicted octanol–water partition coefficient (Wildman–Crippen LogP) is 4.53. The molecule has 0 fully saturated rings. The molecular weight excluding hydrogens is 278 g/mol. The average molecular weight is 303 g/mol. The molecule has 0 aliphatic heterocycles. The van der Waals surface area contributed by atoms with Gasteiger partial charge in [0.25, 0.3) is 0 Å². The highest BCUT2D eigenvalue weighted by Crippen LogP contribution is 2.36. The minimum Gasteiger partial charge on any atom is -0.494 e. The monoisotopic (exact) mass is 303 g/mol. The van der Waals surface area contributed by atoms with Gasteiger partial charge in [-0.3, -0.25) is 0 Å². The van der Waals surface area contributed by atoms with Gasteiger partial charge in [-0.25, -0.2) is 0 Å². The van der Waals surface area contributed by atoms with Gasteiger partial charge in [-0.2, -0.15) is 0 Å². The first-order chi connectivity index (χ1) is 9.97. The fraction of sp³-hybridized carbons (Fsp3) is 0.444. The van der Waals surface area contributed by atoms with E-state index in [0.29, 0.717) is 13.2 Å². The van der Waals surface area contributed by atoms with E-state index in [9.17, 15) is 0 Å². The molecule has 1 aromatic carbocycles. The van der Waals surface area contributed by atoms with Crippen molar-refractivity contribution in [3.63, 3.8) is 0 Å². The Labute approximate surface area is 132 Å². The maximum atomic E-state index is 6.07. The lowest BCUT2D eigenvalue weighted by Crippen LogP contribution is -2.17. The number of hydrogen-bond donors (Lipinski definition) is 1. The fourth-order valence-corrected chi connectivity index (χ4v) is 3.32. The molecule has 2 N–H and O–H groups in total. The number of hydrogen-bond acceptors (Lipinski definition) is 3. The van der Waals surface area contributed by atoms with Gasteiger partial charge in [-0.1, -0.05) is 39.0 Å². The smallest absolute Gasteiger partial charge is 0.123 e.